The second-order valence-corrected chi connectivity index (χ2v) is 4.78. The summed E-state index contributed by atoms with van der Waals surface area (Å²) in [6.45, 7) is 0. The van der Waals surface area contributed by atoms with E-state index in [4.69, 9.17) is 4.84 Å². The van der Waals surface area contributed by atoms with Crippen molar-refractivity contribution in [3.63, 3.8) is 0 Å². The number of amides is 1. The van der Waals surface area contributed by atoms with Gasteiger partial charge in [0, 0.05) is 5.92 Å². The molecule has 5 nitrogen and oxygen atoms in total. The van der Waals surface area contributed by atoms with Crippen LogP contribution in [0.5, 0.6) is 0 Å². The summed E-state index contributed by atoms with van der Waals surface area (Å²) in [7, 11) is 0. The molecule has 1 fully saturated rings. The van der Waals surface area contributed by atoms with Gasteiger partial charge in [-0.1, -0.05) is 42.0 Å². The van der Waals surface area contributed by atoms with Crippen molar-refractivity contribution in [3.8, 4) is 11.1 Å². The third-order valence-electron chi connectivity index (χ3n) is 3.28. The van der Waals surface area contributed by atoms with Gasteiger partial charge >= 0.3 is 5.97 Å². The second kappa shape index (κ2) is 5.30. The van der Waals surface area contributed by atoms with Crippen molar-refractivity contribution >= 4 is 11.9 Å². The second-order valence-electron chi connectivity index (χ2n) is 4.78. The molecule has 0 saturated heterocycles. The normalized spacial score (nSPS) is 14.0. The van der Waals surface area contributed by atoms with E-state index in [-0.39, 0.29) is 11.8 Å². The molecular formula is C15H14N2O3. The van der Waals surface area contributed by atoms with Crippen molar-refractivity contribution in [2.24, 2.45) is 5.92 Å². The van der Waals surface area contributed by atoms with E-state index in [2.05, 4.69) is 11.0 Å². The molecule has 0 unspecified atom stereocenters. The van der Waals surface area contributed by atoms with Gasteiger partial charge in [-0.25, -0.2) is 4.79 Å². The quantitative estimate of drug-likeness (QED) is 0.833. The number of hydrazine groups is 1. The Morgan fingerprint density at radius 3 is 2.65 bits per heavy atom. The number of carbonyl (C=O) groups is 2. The standard InChI is InChI=1S/C15H14N2O3/c18-14(11-6-7-11)16-17-20-15(19)13-9-8-10-4-2-1-3-5-12(10)13/h1-5,8-9,11,17H,6-7H2,(H,16,18). The van der Waals surface area contributed by atoms with E-state index in [0.29, 0.717) is 5.56 Å². The zero-order chi connectivity index (χ0) is 13.9. The van der Waals surface area contributed by atoms with Gasteiger partial charge in [0.15, 0.2) is 0 Å². The Morgan fingerprint density at radius 2 is 1.85 bits per heavy atom. The molecule has 20 heavy (non-hydrogen) atoms. The molecule has 102 valence electrons. The minimum absolute atomic E-state index is 0.0556. The maximum Gasteiger partial charge on any atom is 0.359 e. The van der Waals surface area contributed by atoms with Gasteiger partial charge in [-0.2, -0.15) is 0 Å². The van der Waals surface area contributed by atoms with E-state index >= 15 is 0 Å². The van der Waals surface area contributed by atoms with Crippen molar-refractivity contribution in [3.05, 3.63) is 48.0 Å². The van der Waals surface area contributed by atoms with E-state index in [0.717, 1.165) is 24.0 Å². The Balaban J connectivity index is 1.63. The third-order valence-corrected chi connectivity index (χ3v) is 3.28. The van der Waals surface area contributed by atoms with Crippen LogP contribution in [0.2, 0.25) is 0 Å². The van der Waals surface area contributed by atoms with Gasteiger partial charge in [-0.15, -0.1) is 0 Å². The fourth-order valence-electron chi connectivity index (χ4n) is 2.02. The van der Waals surface area contributed by atoms with Gasteiger partial charge in [0.1, 0.15) is 0 Å². The summed E-state index contributed by atoms with van der Waals surface area (Å²) < 4.78 is 0. The Hall–Kier alpha value is -2.40. The third kappa shape index (κ3) is 2.62. The largest absolute Gasteiger partial charge is 0.359 e. The summed E-state index contributed by atoms with van der Waals surface area (Å²) in [4.78, 5) is 28.2. The average molecular weight is 270 g/mol. The summed E-state index contributed by atoms with van der Waals surface area (Å²) in [6, 6.07) is 13.0. The maximum atomic E-state index is 12.0. The lowest BCUT2D eigenvalue weighted by molar-refractivity contribution is -0.126. The predicted octanol–water partition coefficient (Wildman–Crippen LogP) is 1.89. The number of fused-ring (bicyclic) bond motifs is 1. The van der Waals surface area contributed by atoms with Crippen LogP contribution in [0.1, 0.15) is 23.2 Å². The van der Waals surface area contributed by atoms with Crippen LogP contribution in [0.25, 0.3) is 11.1 Å². The molecule has 1 saturated carbocycles. The summed E-state index contributed by atoms with van der Waals surface area (Å²) in [5.74, 6) is -0.612. The van der Waals surface area contributed by atoms with E-state index in [9.17, 15) is 9.59 Å². The maximum absolute atomic E-state index is 12.0. The van der Waals surface area contributed by atoms with Gasteiger partial charge in [-0.05, 0) is 30.0 Å². The molecule has 3 aliphatic rings. The molecule has 5 heteroatoms. The van der Waals surface area contributed by atoms with Gasteiger partial charge in [0.25, 0.3) is 0 Å². The van der Waals surface area contributed by atoms with Gasteiger partial charge in [0.05, 0.1) is 5.56 Å². The molecule has 1 amide bonds. The summed E-state index contributed by atoms with van der Waals surface area (Å²) in [5, 5.41) is 0. The Bertz CT molecular complexity index is 622. The number of hydrogen-bond acceptors (Lipinski definition) is 4. The fraction of sp³-hybridized carbons (Fsp3) is 0.200. The Kier molecular flexibility index (Phi) is 3.35. The van der Waals surface area contributed by atoms with E-state index in [1.807, 2.05) is 36.4 Å². The lowest BCUT2D eigenvalue weighted by Gasteiger charge is -2.06. The first-order chi connectivity index (χ1) is 9.75. The zero-order valence-corrected chi connectivity index (χ0v) is 10.8. The lowest BCUT2D eigenvalue weighted by atomic mass is 10.1. The first-order valence-electron chi connectivity index (χ1n) is 6.49. The zero-order valence-electron chi connectivity index (χ0n) is 10.8. The topological polar surface area (TPSA) is 67.4 Å². The van der Waals surface area contributed by atoms with Gasteiger partial charge < -0.3 is 4.84 Å². The first-order valence-corrected chi connectivity index (χ1v) is 6.49. The lowest BCUT2D eigenvalue weighted by Crippen LogP contribution is -2.39. The number of hydrogen-bond donors (Lipinski definition) is 2. The number of carbonyl (C=O) groups excluding carboxylic acids is 2. The summed E-state index contributed by atoms with van der Waals surface area (Å²) >= 11 is 0. The molecular weight excluding hydrogens is 256 g/mol. The molecule has 0 aromatic rings. The molecule has 2 N–H and O–H groups in total. The minimum Gasteiger partial charge on any atom is -0.346 e. The van der Waals surface area contributed by atoms with Gasteiger partial charge in [-0.3, -0.25) is 10.2 Å². The minimum atomic E-state index is -0.526. The Morgan fingerprint density at radius 1 is 1.05 bits per heavy atom. The first kappa shape index (κ1) is 12.6. The molecule has 0 spiro atoms. The molecule has 0 radical (unpaired) electrons. The van der Waals surface area contributed by atoms with Crippen LogP contribution in [0.15, 0.2) is 42.5 Å². The van der Waals surface area contributed by atoms with Crippen molar-refractivity contribution < 1.29 is 14.4 Å². The average Bonchev–Trinajstić information content (AvgIpc) is 3.24. The highest BCUT2D eigenvalue weighted by Crippen LogP contribution is 2.28. The highest BCUT2D eigenvalue weighted by molar-refractivity contribution is 5.98. The van der Waals surface area contributed by atoms with Crippen LogP contribution in [0.4, 0.5) is 0 Å². The van der Waals surface area contributed by atoms with E-state index < -0.39 is 5.97 Å². The molecule has 0 aliphatic heterocycles. The molecule has 0 atom stereocenters. The van der Waals surface area contributed by atoms with Crippen molar-refractivity contribution in [1.82, 2.24) is 11.0 Å². The molecule has 0 aromatic carbocycles. The summed E-state index contributed by atoms with van der Waals surface area (Å²) in [5.41, 5.74) is 6.82. The van der Waals surface area contributed by atoms with Crippen LogP contribution in [0.3, 0.4) is 0 Å². The van der Waals surface area contributed by atoms with Gasteiger partial charge in [0.2, 0.25) is 5.91 Å². The van der Waals surface area contributed by atoms with Crippen molar-refractivity contribution in [2.75, 3.05) is 0 Å². The molecule has 3 rings (SSSR count). The number of nitrogens with one attached hydrogen (secondary N) is 2. The SMILES string of the molecule is O=C(ONNC(=O)C1CC1)c1ccc2cccccc1-2. The van der Waals surface area contributed by atoms with Crippen LogP contribution >= 0.6 is 0 Å². The molecule has 0 aromatic heterocycles. The molecule has 3 aliphatic carbocycles. The predicted molar refractivity (Wildman–Crippen MR) is 72.5 cm³/mol. The highest BCUT2D eigenvalue weighted by atomic mass is 16.7. The van der Waals surface area contributed by atoms with E-state index in [1.165, 1.54) is 0 Å². The van der Waals surface area contributed by atoms with Crippen LogP contribution in [0, 0.1) is 5.92 Å². The van der Waals surface area contributed by atoms with Crippen LogP contribution < -0.4 is 11.0 Å². The van der Waals surface area contributed by atoms with E-state index in [1.54, 1.807) is 6.07 Å². The smallest absolute Gasteiger partial charge is 0.346 e. The monoisotopic (exact) mass is 270 g/mol. The van der Waals surface area contributed by atoms with Crippen molar-refractivity contribution in [1.29, 1.82) is 0 Å². The summed E-state index contributed by atoms with van der Waals surface area (Å²) in [6.07, 6.45) is 1.79. The van der Waals surface area contributed by atoms with Crippen molar-refractivity contribution in [2.45, 2.75) is 12.8 Å². The molecule has 0 bridgehead atoms. The van der Waals surface area contributed by atoms with Crippen LogP contribution in [-0.4, -0.2) is 11.9 Å². The van der Waals surface area contributed by atoms with Crippen LogP contribution in [-0.2, 0) is 9.63 Å². The highest BCUT2D eigenvalue weighted by Gasteiger charge is 2.29. The molecule has 0 heterocycles. The Labute approximate surface area is 116 Å². The fourth-order valence-corrected chi connectivity index (χ4v) is 2.02. The number of rotatable bonds is 4.